The van der Waals surface area contributed by atoms with Gasteiger partial charge in [0.2, 0.25) is 0 Å². The second-order valence-electron chi connectivity index (χ2n) is 5.12. The van der Waals surface area contributed by atoms with Crippen molar-refractivity contribution in [2.24, 2.45) is 5.41 Å². The van der Waals surface area contributed by atoms with E-state index in [9.17, 15) is 0 Å². The van der Waals surface area contributed by atoms with Gasteiger partial charge in [-0.2, -0.15) is 0 Å². The van der Waals surface area contributed by atoms with Crippen LogP contribution in [0.15, 0.2) is 38.0 Å². The van der Waals surface area contributed by atoms with Gasteiger partial charge in [-0.25, -0.2) is 0 Å². The molecule has 15 heavy (non-hydrogen) atoms. The summed E-state index contributed by atoms with van der Waals surface area (Å²) in [7, 11) is -1.54. The van der Waals surface area contributed by atoms with E-state index in [2.05, 4.69) is 39.8 Å². The van der Waals surface area contributed by atoms with Crippen LogP contribution in [0.5, 0.6) is 0 Å². The van der Waals surface area contributed by atoms with Crippen LogP contribution >= 0.6 is 0 Å². The van der Waals surface area contributed by atoms with Crippen LogP contribution in [0.4, 0.5) is 0 Å². The van der Waals surface area contributed by atoms with Gasteiger partial charge in [-0.15, -0.1) is 19.7 Å². The molecule has 1 unspecified atom stereocenters. The van der Waals surface area contributed by atoms with E-state index in [-0.39, 0.29) is 11.0 Å². The van der Waals surface area contributed by atoms with E-state index in [4.69, 9.17) is 4.43 Å². The molecule has 0 radical (unpaired) electrons. The predicted molar refractivity (Wildman–Crippen MR) is 69.4 cm³/mol. The molecule has 1 heterocycles. The average molecular weight is 222 g/mol. The molecule has 0 bridgehead atoms. The Morgan fingerprint density at radius 3 is 2.07 bits per heavy atom. The van der Waals surface area contributed by atoms with Crippen molar-refractivity contribution in [3.8, 4) is 0 Å². The average Bonchev–Trinajstić information content (AvgIpc) is 2.18. The molecule has 0 amide bonds. The minimum Gasteiger partial charge on any atom is -0.408 e. The zero-order chi connectivity index (χ0) is 11.7. The Kier molecular flexibility index (Phi) is 3.13. The molecule has 1 saturated heterocycles. The van der Waals surface area contributed by atoms with Crippen LogP contribution in [-0.2, 0) is 4.43 Å². The highest BCUT2D eigenvalue weighted by molar-refractivity contribution is 6.71. The van der Waals surface area contributed by atoms with Crippen LogP contribution in [0.2, 0.25) is 19.1 Å². The summed E-state index contributed by atoms with van der Waals surface area (Å²) in [6.07, 6.45) is 6.91. The van der Waals surface area contributed by atoms with Crippen LogP contribution in [0.3, 0.4) is 0 Å². The van der Waals surface area contributed by atoms with Crippen molar-refractivity contribution in [1.29, 1.82) is 0 Å². The van der Waals surface area contributed by atoms with Gasteiger partial charge in [-0.1, -0.05) is 18.2 Å². The van der Waals surface area contributed by atoms with Crippen LogP contribution < -0.4 is 0 Å². The van der Waals surface area contributed by atoms with Gasteiger partial charge in [0.05, 0.1) is 5.60 Å². The van der Waals surface area contributed by atoms with E-state index in [0.29, 0.717) is 0 Å². The van der Waals surface area contributed by atoms with Gasteiger partial charge in [-0.3, -0.25) is 0 Å². The number of rotatable bonds is 3. The van der Waals surface area contributed by atoms with E-state index in [0.717, 1.165) is 12.5 Å². The zero-order valence-electron chi connectivity index (χ0n) is 10.2. The van der Waals surface area contributed by atoms with Crippen molar-refractivity contribution >= 4 is 8.32 Å². The lowest BCUT2D eigenvalue weighted by Crippen LogP contribution is -2.55. The third-order valence-corrected chi connectivity index (χ3v) is 6.10. The van der Waals surface area contributed by atoms with Gasteiger partial charge in [0, 0.05) is 5.41 Å². The van der Waals surface area contributed by atoms with E-state index >= 15 is 0 Å². The molecule has 0 aromatic carbocycles. The fourth-order valence-corrected chi connectivity index (χ4v) is 4.94. The predicted octanol–water partition coefficient (Wildman–Crippen LogP) is 3.91. The largest absolute Gasteiger partial charge is 0.408 e. The zero-order valence-corrected chi connectivity index (χ0v) is 11.2. The first-order valence-corrected chi connectivity index (χ1v) is 8.57. The molecular formula is C13H22OSi. The molecule has 1 aliphatic heterocycles. The molecule has 84 valence electrons. The van der Waals surface area contributed by atoms with Gasteiger partial charge < -0.3 is 4.43 Å². The lowest BCUT2D eigenvalue weighted by atomic mass is 9.71. The Morgan fingerprint density at radius 1 is 1.13 bits per heavy atom. The maximum atomic E-state index is 6.29. The first kappa shape index (κ1) is 12.5. The minimum atomic E-state index is -1.54. The van der Waals surface area contributed by atoms with Gasteiger partial charge in [0.25, 0.3) is 0 Å². The summed E-state index contributed by atoms with van der Waals surface area (Å²) in [5, 5.41) is 0. The van der Waals surface area contributed by atoms with Crippen molar-refractivity contribution in [1.82, 2.24) is 0 Å². The summed E-state index contributed by atoms with van der Waals surface area (Å²) in [4.78, 5) is 0. The molecular weight excluding hydrogens is 200 g/mol. The molecule has 0 saturated carbocycles. The molecule has 1 atom stereocenters. The standard InChI is InChI=1S/C13H22OSi/c1-7-12(4)13(8-2,9-3)10-11-15(5,6)14-12/h7-9H,1-3,10-11H2,4-6H3. The first-order valence-electron chi connectivity index (χ1n) is 5.46. The summed E-state index contributed by atoms with van der Waals surface area (Å²) in [5.74, 6) is 0. The fourth-order valence-electron chi connectivity index (χ4n) is 2.40. The minimum absolute atomic E-state index is 0.155. The fraction of sp³-hybridized carbons (Fsp3) is 0.538. The van der Waals surface area contributed by atoms with Crippen LogP contribution in [0, 0.1) is 5.41 Å². The van der Waals surface area contributed by atoms with Gasteiger partial charge >= 0.3 is 0 Å². The molecule has 1 fully saturated rings. The van der Waals surface area contributed by atoms with Crippen molar-refractivity contribution in [3.63, 3.8) is 0 Å². The maximum Gasteiger partial charge on any atom is 0.188 e. The van der Waals surface area contributed by atoms with E-state index in [1.807, 2.05) is 18.2 Å². The summed E-state index contributed by atoms with van der Waals surface area (Å²) in [6.45, 7) is 18.4. The summed E-state index contributed by atoms with van der Waals surface area (Å²) in [6, 6.07) is 1.15. The van der Waals surface area contributed by atoms with Gasteiger partial charge in [-0.05, 0) is 32.5 Å². The lowest BCUT2D eigenvalue weighted by Gasteiger charge is -2.52. The highest BCUT2D eigenvalue weighted by Crippen LogP contribution is 2.49. The topological polar surface area (TPSA) is 9.23 Å². The molecule has 1 nitrogen and oxygen atoms in total. The Balaban J connectivity index is 3.16. The van der Waals surface area contributed by atoms with Crippen LogP contribution in [0.25, 0.3) is 0 Å². The van der Waals surface area contributed by atoms with E-state index in [1.54, 1.807) is 0 Å². The Bertz CT molecular complexity index is 285. The lowest BCUT2D eigenvalue weighted by molar-refractivity contribution is 0.0228. The van der Waals surface area contributed by atoms with Crippen molar-refractivity contribution < 1.29 is 4.43 Å². The van der Waals surface area contributed by atoms with Gasteiger partial charge in [0.1, 0.15) is 0 Å². The van der Waals surface area contributed by atoms with Gasteiger partial charge in [0.15, 0.2) is 8.32 Å². The van der Waals surface area contributed by atoms with Crippen molar-refractivity contribution in [2.45, 2.75) is 38.1 Å². The molecule has 1 aliphatic rings. The monoisotopic (exact) mass is 222 g/mol. The number of hydrogen-bond acceptors (Lipinski definition) is 1. The second-order valence-corrected chi connectivity index (χ2v) is 9.35. The Hall–Kier alpha value is -0.603. The highest BCUT2D eigenvalue weighted by Gasteiger charge is 2.50. The Labute approximate surface area is 94.7 Å². The van der Waals surface area contributed by atoms with Crippen molar-refractivity contribution in [3.05, 3.63) is 38.0 Å². The summed E-state index contributed by atoms with van der Waals surface area (Å²) < 4.78 is 6.29. The molecule has 0 N–H and O–H groups in total. The smallest absolute Gasteiger partial charge is 0.188 e. The van der Waals surface area contributed by atoms with E-state index in [1.165, 1.54) is 0 Å². The molecule has 0 aromatic heterocycles. The molecule has 1 rings (SSSR count). The highest BCUT2D eigenvalue weighted by atomic mass is 28.4. The summed E-state index contributed by atoms with van der Waals surface area (Å²) in [5.41, 5.74) is -0.498. The molecule has 0 aliphatic carbocycles. The molecule has 0 aromatic rings. The Morgan fingerprint density at radius 2 is 1.67 bits per heavy atom. The summed E-state index contributed by atoms with van der Waals surface area (Å²) >= 11 is 0. The maximum absolute atomic E-state index is 6.29. The quantitative estimate of drug-likeness (QED) is 0.519. The third-order valence-electron chi connectivity index (χ3n) is 3.67. The van der Waals surface area contributed by atoms with E-state index < -0.39 is 8.32 Å². The molecule has 0 spiro atoms. The normalized spacial score (nSPS) is 33.0. The number of hydrogen-bond donors (Lipinski definition) is 0. The second kappa shape index (κ2) is 3.76. The van der Waals surface area contributed by atoms with Crippen molar-refractivity contribution in [2.75, 3.05) is 0 Å². The first-order chi connectivity index (χ1) is 6.85. The molecule has 2 heteroatoms. The van der Waals surface area contributed by atoms with Crippen LogP contribution in [-0.4, -0.2) is 13.9 Å². The van der Waals surface area contributed by atoms with Crippen LogP contribution in [0.1, 0.15) is 13.3 Å². The SMILES string of the molecule is C=CC1(C=C)CC[Si](C)(C)OC1(C)C=C. The third kappa shape index (κ3) is 1.88.